The SMILES string of the molecule is CC(C)(C)c1ccc(/C(N)=C(/N=C(\N)c2ccc3c(c2)Sc2ccccc2C32c3ccccc3-c3ccccc32)c2ccccc2)cc1. The normalized spacial score (nSPS) is 14.9. The van der Waals surface area contributed by atoms with Gasteiger partial charge in [0.1, 0.15) is 5.84 Å². The Hall–Kier alpha value is -5.32. The molecule has 0 fully saturated rings. The summed E-state index contributed by atoms with van der Waals surface area (Å²) in [5, 5.41) is 0. The summed E-state index contributed by atoms with van der Waals surface area (Å²) < 4.78 is 0. The van der Waals surface area contributed by atoms with E-state index in [0.29, 0.717) is 17.2 Å². The van der Waals surface area contributed by atoms with Crippen molar-refractivity contribution >= 4 is 29.0 Å². The lowest BCUT2D eigenvalue weighted by Crippen LogP contribution is -2.32. The first kappa shape index (κ1) is 30.0. The van der Waals surface area contributed by atoms with E-state index in [-0.39, 0.29) is 5.41 Å². The van der Waals surface area contributed by atoms with Crippen LogP contribution in [0.2, 0.25) is 0 Å². The number of rotatable bonds is 4. The van der Waals surface area contributed by atoms with Crippen LogP contribution in [0.25, 0.3) is 22.5 Å². The van der Waals surface area contributed by atoms with E-state index in [1.54, 1.807) is 11.8 Å². The van der Waals surface area contributed by atoms with Gasteiger partial charge in [0.15, 0.2) is 0 Å². The van der Waals surface area contributed by atoms with Gasteiger partial charge in [0, 0.05) is 20.9 Å². The van der Waals surface area contributed by atoms with E-state index in [0.717, 1.165) is 16.7 Å². The van der Waals surface area contributed by atoms with E-state index in [2.05, 4.69) is 136 Å². The smallest absolute Gasteiger partial charge is 0.131 e. The molecule has 4 N–H and O–H groups in total. The Morgan fingerprint density at radius 3 is 1.73 bits per heavy atom. The summed E-state index contributed by atoms with van der Waals surface area (Å²) in [6.07, 6.45) is 0. The fraction of sp³-hybridized carbons (Fsp3) is 0.114. The second-order valence-corrected chi connectivity index (χ2v) is 14.7. The molecule has 0 unspecified atom stereocenters. The van der Waals surface area contributed by atoms with Crippen LogP contribution in [0.1, 0.15) is 65.3 Å². The molecule has 0 amide bonds. The number of fused-ring (bicyclic) bond motifs is 9. The Bertz CT molecular complexity index is 2210. The van der Waals surface area contributed by atoms with Crippen LogP contribution < -0.4 is 11.5 Å². The minimum Gasteiger partial charge on any atom is -0.396 e. The lowest BCUT2D eigenvalue weighted by molar-refractivity contribution is 0.590. The first-order valence-corrected chi connectivity index (χ1v) is 17.2. The molecule has 234 valence electrons. The van der Waals surface area contributed by atoms with Gasteiger partial charge in [-0.3, -0.25) is 0 Å². The van der Waals surface area contributed by atoms with E-state index in [9.17, 15) is 0 Å². The van der Waals surface area contributed by atoms with Crippen LogP contribution >= 0.6 is 11.8 Å². The van der Waals surface area contributed by atoms with Crippen molar-refractivity contribution in [2.75, 3.05) is 0 Å². The third kappa shape index (κ3) is 4.70. The zero-order chi connectivity index (χ0) is 33.0. The largest absolute Gasteiger partial charge is 0.396 e. The molecule has 1 spiro atoms. The summed E-state index contributed by atoms with van der Waals surface area (Å²) in [7, 11) is 0. The zero-order valence-corrected chi connectivity index (χ0v) is 28.2. The van der Waals surface area contributed by atoms with Crippen LogP contribution in [0.15, 0.2) is 160 Å². The highest BCUT2D eigenvalue weighted by atomic mass is 32.2. The third-order valence-corrected chi connectivity index (χ3v) is 10.9. The highest BCUT2D eigenvalue weighted by Gasteiger charge is 2.50. The molecule has 48 heavy (non-hydrogen) atoms. The molecule has 3 nitrogen and oxygen atoms in total. The maximum atomic E-state index is 6.91. The summed E-state index contributed by atoms with van der Waals surface area (Å²) in [5.74, 6) is 0.423. The van der Waals surface area contributed by atoms with Crippen molar-refractivity contribution in [1.82, 2.24) is 0 Å². The van der Waals surface area contributed by atoms with Gasteiger partial charge in [-0.1, -0.05) is 166 Å². The van der Waals surface area contributed by atoms with E-state index in [4.69, 9.17) is 16.5 Å². The third-order valence-electron chi connectivity index (χ3n) is 9.74. The van der Waals surface area contributed by atoms with Crippen LogP contribution in [-0.4, -0.2) is 5.84 Å². The van der Waals surface area contributed by atoms with Gasteiger partial charge >= 0.3 is 0 Å². The van der Waals surface area contributed by atoms with E-state index < -0.39 is 5.41 Å². The maximum absolute atomic E-state index is 6.91. The molecule has 1 aliphatic heterocycles. The molecule has 1 heterocycles. The first-order valence-electron chi connectivity index (χ1n) is 16.4. The topological polar surface area (TPSA) is 64.4 Å². The Kier molecular flexibility index (Phi) is 7.15. The van der Waals surface area contributed by atoms with Gasteiger partial charge < -0.3 is 11.5 Å². The number of hydrogen-bond acceptors (Lipinski definition) is 3. The van der Waals surface area contributed by atoms with Crippen molar-refractivity contribution in [1.29, 1.82) is 0 Å². The molecule has 2 aliphatic rings. The van der Waals surface area contributed by atoms with E-state index in [1.165, 1.54) is 48.7 Å². The van der Waals surface area contributed by atoms with Crippen LogP contribution in [0.4, 0.5) is 0 Å². The van der Waals surface area contributed by atoms with Gasteiger partial charge in [-0.2, -0.15) is 0 Å². The van der Waals surface area contributed by atoms with Crippen LogP contribution in [0.3, 0.4) is 0 Å². The number of aliphatic imine (C=N–C) groups is 1. The molecular formula is C44H37N3S. The average molecular weight is 640 g/mol. The summed E-state index contributed by atoms with van der Waals surface area (Å²) in [6.45, 7) is 6.63. The van der Waals surface area contributed by atoms with Crippen molar-refractivity contribution in [2.24, 2.45) is 16.5 Å². The molecular weight excluding hydrogens is 603 g/mol. The molecule has 0 bridgehead atoms. The van der Waals surface area contributed by atoms with Crippen molar-refractivity contribution in [3.63, 3.8) is 0 Å². The van der Waals surface area contributed by atoms with Crippen molar-refractivity contribution in [2.45, 2.75) is 41.4 Å². The number of nitrogens with two attached hydrogens (primary N) is 2. The highest BCUT2D eigenvalue weighted by Crippen LogP contribution is 2.62. The number of nitrogens with zero attached hydrogens (tertiary/aromatic N) is 1. The number of benzene rings is 6. The highest BCUT2D eigenvalue weighted by molar-refractivity contribution is 7.99. The Balaban J connectivity index is 1.29. The fourth-order valence-corrected chi connectivity index (χ4v) is 8.60. The standard InChI is InChI=1S/C44H37N3S/c1-43(2,3)31-24-21-28(22-25-31)40(45)41(29-13-5-4-6-14-29)47-42(46)30-23-26-37-39(27-30)48-38-20-12-11-19-36(38)44(37)34-17-9-7-15-32(34)33-16-8-10-18-35(33)44/h4-27H,45H2,1-3H3,(H2,46,47)/b41-40-. The molecule has 0 radical (unpaired) electrons. The molecule has 0 saturated heterocycles. The zero-order valence-electron chi connectivity index (χ0n) is 27.4. The molecule has 4 heteroatoms. The van der Waals surface area contributed by atoms with Crippen LogP contribution in [0, 0.1) is 0 Å². The first-order chi connectivity index (χ1) is 23.3. The molecule has 0 aromatic heterocycles. The van der Waals surface area contributed by atoms with Crippen molar-refractivity contribution < 1.29 is 0 Å². The molecule has 6 aromatic rings. The van der Waals surface area contributed by atoms with Crippen molar-refractivity contribution in [3.05, 3.63) is 190 Å². The predicted molar refractivity (Wildman–Crippen MR) is 201 cm³/mol. The monoisotopic (exact) mass is 639 g/mol. The molecule has 6 aromatic carbocycles. The molecule has 8 rings (SSSR count). The van der Waals surface area contributed by atoms with Gasteiger partial charge in [0.2, 0.25) is 0 Å². The van der Waals surface area contributed by atoms with Gasteiger partial charge in [-0.05, 0) is 62.1 Å². The summed E-state index contributed by atoms with van der Waals surface area (Å²) in [5.41, 5.74) is 26.4. The lowest BCUT2D eigenvalue weighted by Gasteiger charge is -2.39. The van der Waals surface area contributed by atoms with E-state index >= 15 is 0 Å². The number of hydrogen-bond donors (Lipinski definition) is 2. The predicted octanol–water partition coefficient (Wildman–Crippen LogP) is 10.0. The molecule has 0 saturated carbocycles. The maximum Gasteiger partial charge on any atom is 0.131 e. The Labute approximate surface area is 287 Å². The van der Waals surface area contributed by atoms with Gasteiger partial charge in [0.05, 0.1) is 16.8 Å². The summed E-state index contributed by atoms with van der Waals surface area (Å²) in [4.78, 5) is 7.48. The van der Waals surface area contributed by atoms with Gasteiger partial charge in [0.25, 0.3) is 0 Å². The second kappa shape index (κ2) is 11.4. The molecule has 0 atom stereocenters. The Morgan fingerprint density at radius 1 is 0.542 bits per heavy atom. The lowest BCUT2D eigenvalue weighted by atomic mass is 9.67. The van der Waals surface area contributed by atoms with Crippen molar-refractivity contribution in [3.8, 4) is 11.1 Å². The minimum absolute atomic E-state index is 0.0497. The van der Waals surface area contributed by atoms with E-state index in [1.807, 2.05) is 30.3 Å². The second-order valence-electron chi connectivity index (χ2n) is 13.6. The average Bonchev–Trinajstić information content (AvgIpc) is 3.41. The summed E-state index contributed by atoms with van der Waals surface area (Å²) in [6, 6.07) is 51.6. The van der Waals surface area contributed by atoms with Crippen LogP contribution in [0.5, 0.6) is 0 Å². The summed E-state index contributed by atoms with van der Waals surface area (Å²) >= 11 is 1.80. The minimum atomic E-state index is -0.423. The fourth-order valence-electron chi connectivity index (χ4n) is 7.37. The number of amidine groups is 1. The quantitative estimate of drug-likeness (QED) is 0.114. The Morgan fingerprint density at radius 2 is 1.08 bits per heavy atom. The van der Waals surface area contributed by atoms with Gasteiger partial charge in [-0.15, -0.1) is 0 Å². The van der Waals surface area contributed by atoms with Gasteiger partial charge in [-0.25, -0.2) is 4.99 Å². The molecule has 1 aliphatic carbocycles. The van der Waals surface area contributed by atoms with Crippen LogP contribution in [-0.2, 0) is 10.8 Å².